The van der Waals surface area contributed by atoms with Crippen molar-refractivity contribution in [3.63, 3.8) is 0 Å². The lowest BCUT2D eigenvalue weighted by Crippen LogP contribution is -2.16. The Bertz CT molecular complexity index is 384. The van der Waals surface area contributed by atoms with Crippen molar-refractivity contribution in [1.29, 1.82) is 0 Å². The highest BCUT2D eigenvalue weighted by Crippen LogP contribution is 2.20. The summed E-state index contributed by atoms with van der Waals surface area (Å²) >= 11 is 3.09. The highest BCUT2D eigenvalue weighted by Gasteiger charge is 2.06. The Morgan fingerprint density at radius 1 is 1.62 bits per heavy atom. The van der Waals surface area contributed by atoms with Crippen LogP contribution in [0.1, 0.15) is 19.8 Å². The van der Waals surface area contributed by atoms with E-state index in [-0.39, 0.29) is 18.3 Å². The average molecular weight is 290 g/mol. The molecular weight excluding hydrogens is 277 g/mol. The second-order valence-electron chi connectivity index (χ2n) is 3.61. The molecule has 0 saturated carbocycles. The number of carboxylic acid groups (broad SMARTS) is 1. The molecule has 1 aromatic carbocycles. The summed E-state index contributed by atoms with van der Waals surface area (Å²) in [5.41, 5.74) is 0.770. The maximum atomic E-state index is 12.9. The number of anilines is 1. The van der Waals surface area contributed by atoms with Gasteiger partial charge in [-0.05, 0) is 47.5 Å². The summed E-state index contributed by atoms with van der Waals surface area (Å²) in [7, 11) is 0. The molecule has 0 aromatic heterocycles. The van der Waals surface area contributed by atoms with E-state index in [1.54, 1.807) is 12.1 Å². The third-order valence-corrected chi connectivity index (χ3v) is 2.73. The van der Waals surface area contributed by atoms with Crippen LogP contribution in [0.4, 0.5) is 10.1 Å². The SMILES string of the molecule is CC(CCC(=O)O)Nc1ccc(F)c(Br)c1. The molecule has 0 aliphatic heterocycles. The number of carboxylic acids is 1. The first-order valence-corrected chi connectivity index (χ1v) is 5.71. The standard InChI is InChI=1S/C11H13BrFNO2/c1-7(2-5-11(15)16)14-8-3-4-10(13)9(12)6-8/h3-4,6-7,14H,2,5H2,1H3,(H,15,16). The Hall–Kier alpha value is -1.10. The molecule has 5 heteroatoms. The van der Waals surface area contributed by atoms with Crippen LogP contribution in [-0.4, -0.2) is 17.1 Å². The molecule has 0 fully saturated rings. The van der Waals surface area contributed by atoms with Crippen LogP contribution in [0.25, 0.3) is 0 Å². The molecule has 0 spiro atoms. The molecule has 3 nitrogen and oxygen atoms in total. The van der Waals surface area contributed by atoms with Crippen LogP contribution in [0.3, 0.4) is 0 Å². The largest absolute Gasteiger partial charge is 0.481 e. The molecule has 0 radical (unpaired) electrons. The van der Waals surface area contributed by atoms with E-state index in [1.807, 2.05) is 6.92 Å². The maximum absolute atomic E-state index is 12.9. The number of hydrogen-bond donors (Lipinski definition) is 2. The van der Waals surface area contributed by atoms with E-state index < -0.39 is 5.97 Å². The molecule has 0 heterocycles. The van der Waals surface area contributed by atoms with Gasteiger partial charge in [0.2, 0.25) is 0 Å². The van der Waals surface area contributed by atoms with Crippen molar-refractivity contribution in [3.05, 3.63) is 28.5 Å². The van der Waals surface area contributed by atoms with E-state index >= 15 is 0 Å². The van der Waals surface area contributed by atoms with Gasteiger partial charge in [-0.1, -0.05) is 0 Å². The predicted molar refractivity (Wildman–Crippen MR) is 64.1 cm³/mol. The number of carbonyl (C=O) groups is 1. The van der Waals surface area contributed by atoms with E-state index in [0.717, 1.165) is 5.69 Å². The molecular formula is C11H13BrFNO2. The minimum Gasteiger partial charge on any atom is -0.481 e. The van der Waals surface area contributed by atoms with E-state index in [0.29, 0.717) is 10.9 Å². The average Bonchev–Trinajstić information content (AvgIpc) is 2.21. The van der Waals surface area contributed by atoms with Crippen LogP contribution in [0.5, 0.6) is 0 Å². The van der Waals surface area contributed by atoms with E-state index in [2.05, 4.69) is 21.2 Å². The van der Waals surface area contributed by atoms with Gasteiger partial charge in [0.1, 0.15) is 5.82 Å². The van der Waals surface area contributed by atoms with Gasteiger partial charge in [0, 0.05) is 18.2 Å². The first-order chi connectivity index (χ1) is 7.49. The zero-order chi connectivity index (χ0) is 12.1. The zero-order valence-electron chi connectivity index (χ0n) is 8.84. The summed E-state index contributed by atoms with van der Waals surface area (Å²) in [5, 5.41) is 11.6. The van der Waals surface area contributed by atoms with Crippen LogP contribution < -0.4 is 5.32 Å². The smallest absolute Gasteiger partial charge is 0.303 e. The first-order valence-electron chi connectivity index (χ1n) is 4.92. The molecule has 88 valence electrons. The Morgan fingerprint density at radius 2 is 2.31 bits per heavy atom. The van der Waals surface area contributed by atoms with Crippen molar-refractivity contribution in [2.75, 3.05) is 5.32 Å². The highest BCUT2D eigenvalue weighted by atomic mass is 79.9. The fourth-order valence-corrected chi connectivity index (χ4v) is 1.66. The third-order valence-electron chi connectivity index (χ3n) is 2.12. The molecule has 1 unspecified atom stereocenters. The lowest BCUT2D eigenvalue weighted by atomic mass is 10.1. The number of nitrogens with one attached hydrogen (secondary N) is 1. The zero-order valence-corrected chi connectivity index (χ0v) is 10.4. The van der Waals surface area contributed by atoms with Gasteiger partial charge in [0.15, 0.2) is 0 Å². The lowest BCUT2D eigenvalue weighted by molar-refractivity contribution is -0.137. The molecule has 0 amide bonds. The normalized spacial score (nSPS) is 12.2. The third kappa shape index (κ3) is 4.18. The summed E-state index contributed by atoms with van der Waals surface area (Å²) in [6.07, 6.45) is 0.654. The molecule has 0 aliphatic rings. The fraction of sp³-hybridized carbons (Fsp3) is 0.364. The monoisotopic (exact) mass is 289 g/mol. The van der Waals surface area contributed by atoms with Crippen molar-refractivity contribution in [2.24, 2.45) is 0 Å². The topological polar surface area (TPSA) is 49.3 Å². The molecule has 0 aliphatic carbocycles. The first kappa shape index (κ1) is 13.0. The van der Waals surface area contributed by atoms with Gasteiger partial charge < -0.3 is 10.4 Å². The number of aliphatic carboxylic acids is 1. The van der Waals surface area contributed by atoms with Crippen molar-refractivity contribution >= 4 is 27.6 Å². The number of benzene rings is 1. The van der Waals surface area contributed by atoms with Crippen LogP contribution in [0.2, 0.25) is 0 Å². The Labute approximate surface area is 102 Å². The van der Waals surface area contributed by atoms with Gasteiger partial charge in [-0.2, -0.15) is 0 Å². The minimum absolute atomic E-state index is 0.0356. The molecule has 16 heavy (non-hydrogen) atoms. The van der Waals surface area contributed by atoms with Gasteiger partial charge in [-0.25, -0.2) is 4.39 Å². The molecule has 0 bridgehead atoms. The summed E-state index contributed by atoms with van der Waals surface area (Å²) in [5.74, 6) is -1.13. The Balaban J connectivity index is 2.52. The van der Waals surface area contributed by atoms with Gasteiger partial charge in [-0.15, -0.1) is 0 Å². The quantitative estimate of drug-likeness (QED) is 0.875. The van der Waals surface area contributed by atoms with Gasteiger partial charge in [-0.3, -0.25) is 4.79 Å². The summed E-state index contributed by atoms with van der Waals surface area (Å²) in [6, 6.07) is 4.65. The highest BCUT2D eigenvalue weighted by molar-refractivity contribution is 9.10. The molecule has 1 atom stereocenters. The molecule has 2 N–H and O–H groups in total. The van der Waals surface area contributed by atoms with E-state index in [9.17, 15) is 9.18 Å². The van der Waals surface area contributed by atoms with Gasteiger partial charge in [0.25, 0.3) is 0 Å². The number of hydrogen-bond acceptors (Lipinski definition) is 2. The van der Waals surface area contributed by atoms with Crippen LogP contribution in [0.15, 0.2) is 22.7 Å². The maximum Gasteiger partial charge on any atom is 0.303 e. The number of halogens is 2. The second-order valence-corrected chi connectivity index (χ2v) is 4.46. The molecule has 1 aromatic rings. The summed E-state index contributed by atoms with van der Waals surface area (Å²) in [6.45, 7) is 1.89. The molecule has 0 saturated heterocycles. The number of rotatable bonds is 5. The van der Waals surface area contributed by atoms with E-state index in [1.165, 1.54) is 6.07 Å². The van der Waals surface area contributed by atoms with Crippen molar-refractivity contribution < 1.29 is 14.3 Å². The summed E-state index contributed by atoms with van der Waals surface area (Å²) in [4.78, 5) is 10.4. The molecule has 1 rings (SSSR count). The minimum atomic E-state index is -0.811. The predicted octanol–water partition coefficient (Wildman–Crippen LogP) is 3.25. The van der Waals surface area contributed by atoms with Crippen LogP contribution >= 0.6 is 15.9 Å². The lowest BCUT2D eigenvalue weighted by Gasteiger charge is -2.14. The summed E-state index contributed by atoms with van der Waals surface area (Å²) < 4.78 is 13.3. The van der Waals surface area contributed by atoms with Crippen LogP contribution in [-0.2, 0) is 4.79 Å². The van der Waals surface area contributed by atoms with Crippen molar-refractivity contribution in [2.45, 2.75) is 25.8 Å². The van der Waals surface area contributed by atoms with Gasteiger partial charge in [0.05, 0.1) is 4.47 Å². The Kier molecular flexibility index (Phi) is 4.73. The van der Waals surface area contributed by atoms with Crippen LogP contribution in [0, 0.1) is 5.82 Å². The Morgan fingerprint density at radius 3 is 2.88 bits per heavy atom. The second kappa shape index (κ2) is 5.84. The van der Waals surface area contributed by atoms with Gasteiger partial charge >= 0.3 is 5.97 Å². The van der Waals surface area contributed by atoms with Crippen molar-refractivity contribution in [1.82, 2.24) is 0 Å². The fourth-order valence-electron chi connectivity index (χ4n) is 1.28. The van der Waals surface area contributed by atoms with E-state index in [4.69, 9.17) is 5.11 Å². The van der Waals surface area contributed by atoms with Crippen molar-refractivity contribution in [3.8, 4) is 0 Å².